The number of amides is 2. The van der Waals surface area contributed by atoms with E-state index >= 15 is 0 Å². The molecule has 6 heteroatoms. The topological polar surface area (TPSA) is 74.7 Å². The Hall–Kier alpha value is -2.24. The van der Waals surface area contributed by atoms with Crippen LogP contribution in [0.25, 0.3) is 0 Å². The van der Waals surface area contributed by atoms with Crippen LogP contribution in [0.3, 0.4) is 0 Å². The molecule has 0 spiro atoms. The summed E-state index contributed by atoms with van der Waals surface area (Å²) in [6, 6.07) is 3.30. The number of aliphatic carboxylic acids is 1. The summed E-state index contributed by atoms with van der Waals surface area (Å²) in [5, 5.41) is 8.50. The number of nitrogens with zero attached hydrogens (tertiary/aromatic N) is 1. The molecule has 88 valence electrons. The normalized spacial score (nSPS) is 14.1. The molecule has 17 heavy (non-hydrogen) atoms. The highest BCUT2D eigenvalue weighted by molar-refractivity contribution is 6.21. The number of carbonyl (C=O) groups excluding carboxylic acids is 2. The summed E-state index contributed by atoms with van der Waals surface area (Å²) >= 11 is 0. The quantitative estimate of drug-likeness (QED) is 0.792. The van der Waals surface area contributed by atoms with Gasteiger partial charge in [-0.3, -0.25) is 19.3 Å². The number of hydrogen-bond acceptors (Lipinski definition) is 3. The number of rotatable bonds is 3. The van der Waals surface area contributed by atoms with Gasteiger partial charge in [0, 0.05) is 6.54 Å². The van der Waals surface area contributed by atoms with E-state index < -0.39 is 23.6 Å². The van der Waals surface area contributed by atoms with E-state index in [4.69, 9.17) is 5.11 Å². The van der Waals surface area contributed by atoms with E-state index in [1.165, 1.54) is 6.07 Å². The molecule has 0 atom stereocenters. The maximum absolute atomic E-state index is 12.9. The number of carboxylic acids is 1. The molecule has 1 aromatic rings. The van der Waals surface area contributed by atoms with Gasteiger partial charge in [-0.2, -0.15) is 0 Å². The lowest BCUT2D eigenvalue weighted by atomic mass is 10.1. The first kappa shape index (κ1) is 11.3. The maximum Gasteiger partial charge on any atom is 0.305 e. The lowest BCUT2D eigenvalue weighted by molar-refractivity contribution is -0.137. The third-order valence-corrected chi connectivity index (χ3v) is 2.48. The van der Waals surface area contributed by atoms with Crippen LogP contribution in [0.4, 0.5) is 4.39 Å². The van der Waals surface area contributed by atoms with Crippen LogP contribution in [-0.2, 0) is 4.79 Å². The molecule has 5 nitrogen and oxygen atoms in total. The fourth-order valence-electron chi connectivity index (χ4n) is 1.67. The minimum atomic E-state index is -1.10. The standard InChI is InChI=1S/C11H8FNO4/c12-6-1-2-7-8(5-6)11(17)13(10(7)16)4-3-9(14)15/h1-2,5H,3-4H2,(H,14,15). The Morgan fingerprint density at radius 1 is 1.24 bits per heavy atom. The third kappa shape index (κ3) is 1.89. The molecule has 0 radical (unpaired) electrons. The smallest absolute Gasteiger partial charge is 0.305 e. The molecule has 0 aliphatic carbocycles. The number of imide groups is 1. The Kier molecular flexibility index (Phi) is 2.63. The van der Waals surface area contributed by atoms with Crippen LogP contribution in [0.5, 0.6) is 0 Å². The molecule has 1 aliphatic heterocycles. The highest BCUT2D eigenvalue weighted by Crippen LogP contribution is 2.23. The monoisotopic (exact) mass is 237 g/mol. The number of carbonyl (C=O) groups is 3. The van der Waals surface area contributed by atoms with Crippen molar-refractivity contribution in [2.75, 3.05) is 6.54 Å². The summed E-state index contributed by atoms with van der Waals surface area (Å²) in [5.74, 6) is -2.94. The van der Waals surface area contributed by atoms with Crippen molar-refractivity contribution in [3.8, 4) is 0 Å². The van der Waals surface area contributed by atoms with Crippen LogP contribution < -0.4 is 0 Å². The Labute approximate surface area is 95.5 Å². The van der Waals surface area contributed by atoms with Crippen molar-refractivity contribution in [2.45, 2.75) is 6.42 Å². The Balaban J connectivity index is 2.29. The second-order valence-corrected chi connectivity index (χ2v) is 3.60. The molecule has 0 aromatic heterocycles. The number of fused-ring (bicyclic) bond motifs is 1. The summed E-state index contributed by atoms with van der Waals surface area (Å²) in [6.07, 6.45) is -0.325. The van der Waals surface area contributed by atoms with Crippen molar-refractivity contribution in [1.29, 1.82) is 0 Å². The van der Waals surface area contributed by atoms with Crippen LogP contribution in [0.2, 0.25) is 0 Å². The molecule has 1 aromatic carbocycles. The molecule has 1 aliphatic rings. The SMILES string of the molecule is O=C(O)CCN1C(=O)c2ccc(F)cc2C1=O. The highest BCUT2D eigenvalue weighted by atomic mass is 19.1. The van der Waals surface area contributed by atoms with Gasteiger partial charge >= 0.3 is 5.97 Å². The first-order valence-electron chi connectivity index (χ1n) is 4.88. The van der Waals surface area contributed by atoms with Gasteiger partial charge in [0.25, 0.3) is 11.8 Å². The zero-order valence-electron chi connectivity index (χ0n) is 8.64. The van der Waals surface area contributed by atoms with Gasteiger partial charge in [-0.1, -0.05) is 0 Å². The van der Waals surface area contributed by atoms with Gasteiger partial charge in [-0.05, 0) is 18.2 Å². The van der Waals surface area contributed by atoms with Gasteiger partial charge < -0.3 is 5.11 Å². The minimum absolute atomic E-state index is 0.0135. The van der Waals surface area contributed by atoms with Crippen molar-refractivity contribution >= 4 is 17.8 Å². The molecule has 0 saturated heterocycles. The molecule has 0 bridgehead atoms. The summed E-state index contributed by atoms with van der Waals surface area (Å²) in [7, 11) is 0. The third-order valence-electron chi connectivity index (χ3n) is 2.48. The number of benzene rings is 1. The molecule has 0 unspecified atom stereocenters. The average molecular weight is 237 g/mol. The maximum atomic E-state index is 12.9. The van der Waals surface area contributed by atoms with Gasteiger partial charge in [0.05, 0.1) is 17.5 Å². The lowest BCUT2D eigenvalue weighted by Gasteiger charge is -2.11. The summed E-state index contributed by atoms with van der Waals surface area (Å²) in [4.78, 5) is 34.6. The van der Waals surface area contributed by atoms with Gasteiger partial charge in [0.1, 0.15) is 5.82 Å². The van der Waals surface area contributed by atoms with Crippen LogP contribution in [0.15, 0.2) is 18.2 Å². The van der Waals surface area contributed by atoms with E-state index in [-0.39, 0.29) is 24.1 Å². The number of carboxylic acid groups (broad SMARTS) is 1. The van der Waals surface area contributed by atoms with Crippen LogP contribution in [0, 0.1) is 5.82 Å². The Morgan fingerprint density at radius 2 is 1.88 bits per heavy atom. The molecule has 2 rings (SSSR count). The van der Waals surface area contributed by atoms with E-state index in [1.54, 1.807) is 0 Å². The van der Waals surface area contributed by atoms with Crippen molar-refractivity contribution in [3.05, 3.63) is 35.1 Å². The Morgan fingerprint density at radius 3 is 2.53 bits per heavy atom. The van der Waals surface area contributed by atoms with Gasteiger partial charge in [-0.25, -0.2) is 4.39 Å². The fourth-order valence-corrected chi connectivity index (χ4v) is 1.67. The number of halogens is 1. The molecule has 1 heterocycles. The van der Waals surface area contributed by atoms with Crippen molar-refractivity contribution < 1.29 is 23.9 Å². The van der Waals surface area contributed by atoms with E-state index in [0.717, 1.165) is 17.0 Å². The van der Waals surface area contributed by atoms with E-state index in [9.17, 15) is 18.8 Å². The van der Waals surface area contributed by atoms with Crippen LogP contribution >= 0.6 is 0 Å². The fraction of sp³-hybridized carbons (Fsp3) is 0.182. The largest absolute Gasteiger partial charge is 0.481 e. The summed E-state index contributed by atoms with van der Waals surface area (Å²) in [6.45, 7) is -0.205. The predicted molar refractivity (Wildman–Crippen MR) is 54.0 cm³/mol. The second kappa shape index (κ2) is 3.97. The Bertz CT molecular complexity index is 526. The van der Waals surface area contributed by atoms with E-state index in [0.29, 0.717) is 0 Å². The zero-order valence-corrected chi connectivity index (χ0v) is 8.64. The molecule has 1 N–H and O–H groups in total. The van der Waals surface area contributed by atoms with Crippen LogP contribution in [0.1, 0.15) is 27.1 Å². The van der Waals surface area contributed by atoms with Gasteiger partial charge in [0.2, 0.25) is 0 Å². The molecular formula is C11H8FNO4. The summed E-state index contributed by atoms with van der Waals surface area (Å²) < 4.78 is 12.9. The summed E-state index contributed by atoms with van der Waals surface area (Å²) in [5.41, 5.74) is 0.0992. The zero-order chi connectivity index (χ0) is 12.6. The molecule has 0 saturated carbocycles. The van der Waals surface area contributed by atoms with Crippen LogP contribution in [-0.4, -0.2) is 34.3 Å². The highest BCUT2D eigenvalue weighted by Gasteiger charge is 2.35. The molecular weight excluding hydrogens is 229 g/mol. The first-order valence-corrected chi connectivity index (χ1v) is 4.88. The molecule has 2 amide bonds. The predicted octanol–water partition coefficient (Wildman–Crippen LogP) is 0.896. The first-order chi connectivity index (χ1) is 8.00. The van der Waals surface area contributed by atoms with Crippen molar-refractivity contribution in [1.82, 2.24) is 4.90 Å². The van der Waals surface area contributed by atoms with Gasteiger partial charge in [-0.15, -0.1) is 0 Å². The average Bonchev–Trinajstić information content (AvgIpc) is 2.49. The second-order valence-electron chi connectivity index (χ2n) is 3.60. The number of hydrogen-bond donors (Lipinski definition) is 1. The van der Waals surface area contributed by atoms with Crippen molar-refractivity contribution in [3.63, 3.8) is 0 Å². The van der Waals surface area contributed by atoms with E-state index in [2.05, 4.69) is 0 Å². The lowest BCUT2D eigenvalue weighted by Crippen LogP contribution is -2.31. The van der Waals surface area contributed by atoms with Crippen molar-refractivity contribution in [2.24, 2.45) is 0 Å². The van der Waals surface area contributed by atoms with Gasteiger partial charge in [0.15, 0.2) is 0 Å². The van der Waals surface area contributed by atoms with E-state index in [1.807, 2.05) is 0 Å². The minimum Gasteiger partial charge on any atom is -0.481 e. The molecule has 0 fully saturated rings.